The predicted molar refractivity (Wildman–Crippen MR) is 38.1 cm³/mol. The molecule has 1 atom stereocenters. The second-order valence-electron chi connectivity index (χ2n) is 2.55. The topological polar surface area (TPSA) is 73.3 Å². The minimum absolute atomic E-state index is 0.301. The van der Waals surface area contributed by atoms with Crippen molar-refractivity contribution in [2.45, 2.75) is 12.6 Å². The highest BCUT2D eigenvalue weighted by atomic mass is 16.5. The van der Waals surface area contributed by atoms with Gasteiger partial charge < -0.3 is 15.6 Å². The first-order valence-electron chi connectivity index (χ1n) is 3.39. The van der Waals surface area contributed by atoms with Crippen LogP contribution in [0.3, 0.4) is 0 Å². The van der Waals surface area contributed by atoms with Crippen molar-refractivity contribution in [2.24, 2.45) is 0 Å². The highest BCUT2D eigenvalue weighted by Crippen LogP contribution is 2.23. The summed E-state index contributed by atoms with van der Waals surface area (Å²) in [5.41, 5.74) is 6.04. The molecule has 11 heavy (non-hydrogen) atoms. The van der Waals surface area contributed by atoms with E-state index in [-0.39, 0.29) is 0 Å². The Kier molecular flexibility index (Phi) is 1.25. The van der Waals surface area contributed by atoms with Gasteiger partial charge >= 0.3 is 0 Å². The summed E-state index contributed by atoms with van der Waals surface area (Å²) in [5.74, 6) is 0.565. The number of anilines is 1. The third-order valence-corrected chi connectivity index (χ3v) is 1.61. The van der Waals surface area contributed by atoms with Gasteiger partial charge in [-0.25, -0.2) is 4.68 Å². The van der Waals surface area contributed by atoms with E-state index in [1.807, 2.05) is 0 Å². The Morgan fingerprint density at radius 3 is 3.45 bits per heavy atom. The van der Waals surface area contributed by atoms with Crippen LogP contribution in [0.5, 0.6) is 5.88 Å². The normalized spacial score (nSPS) is 22.5. The molecule has 5 heteroatoms. The molecule has 0 aromatic carbocycles. The largest absolute Gasteiger partial charge is 0.474 e. The molecule has 0 radical (unpaired) electrons. The summed E-state index contributed by atoms with van der Waals surface area (Å²) in [6.45, 7) is 0.766. The highest BCUT2D eigenvalue weighted by molar-refractivity contribution is 5.46. The van der Waals surface area contributed by atoms with Crippen molar-refractivity contribution in [2.75, 3.05) is 12.3 Å². The zero-order valence-corrected chi connectivity index (χ0v) is 5.90. The molecule has 60 valence electrons. The molecule has 0 aliphatic carbocycles. The average molecular weight is 155 g/mol. The second-order valence-corrected chi connectivity index (χ2v) is 2.55. The van der Waals surface area contributed by atoms with Crippen LogP contribution in [0.4, 0.5) is 5.69 Å². The van der Waals surface area contributed by atoms with Gasteiger partial charge in [-0.1, -0.05) is 0 Å². The molecular weight excluding hydrogens is 146 g/mol. The van der Waals surface area contributed by atoms with Crippen LogP contribution < -0.4 is 10.5 Å². The number of ether oxygens (including phenoxy) is 1. The molecular formula is C6H9N3O2. The van der Waals surface area contributed by atoms with E-state index in [1.54, 1.807) is 4.68 Å². The van der Waals surface area contributed by atoms with Crippen molar-refractivity contribution >= 4 is 5.69 Å². The molecule has 1 aliphatic rings. The van der Waals surface area contributed by atoms with Crippen LogP contribution in [0.15, 0.2) is 6.20 Å². The molecule has 5 nitrogen and oxygen atoms in total. The number of aromatic nitrogens is 2. The number of aliphatic hydroxyl groups is 1. The lowest BCUT2D eigenvalue weighted by Gasteiger charge is -2.19. The van der Waals surface area contributed by atoms with Crippen molar-refractivity contribution in [3.05, 3.63) is 6.20 Å². The van der Waals surface area contributed by atoms with Crippen LogP contribution >= 0.6 is 0 Å². The standard InChI is InChI=1S/C6H9N3O2/c7-5-1-8-9-2-4(10)3-11-6(5)9/h1,4,10H,2-3,7H2/t4-/m0/s1. The fraction of sp³-hybridized carbons (Fsp3) is 0.500. The Morgan fingerprint density at radius 1 is 1.82 bits per heavy atom. The molecule has 0 fully saturated rings. The third-order valence-electron chi connectivity index (χ3n) is 1.61. The third kappa shape index (κ3) is 0.932. The maximum atomic E-state index is 9.14. The van der Waals surface area contributed by atoms with Crippen molar-refractivity contribution in [1.82, 2.24) is 9.78 Å². The highest BCUT2D eigenvalue weighted by Gasteiger charge is 2.19. The summed E-state index contributed by atoms with van der Waals surface area (Å²) in [4.78, 5) is 0. The summed E-state index contributed by atoms with van der Waals surface area (Å²) >= 11 is 0. The first-order chi connectivity index (χ1) is 5.27. The minimum atomic E-state index is -0.471. The Hall–Kier alpha value is -1.23. The summed E-state index contributed by atoms with van der Waals surface area (Å²) in [7, 11) is 0. The Bertz CT molecular complexity index is 271. The first kappa shape index (κ1) is 6.48. The zero-order chi connectivity index (χ0) is 7.84. The Morgan fingerprint density at radius 2 is 2.64 bits per heavy atom. The van der Waals surface area contributed by atoms with Crippen LogP contribution in [0.2, 0.25) is 0 Å². The SMILES string of the molecule is Nc1cnn2c1OC[C@@H](O)C2. The monoisotopic (exact) mass is 155 g/mol. The van der Waals surface area contributed by atoms with Gasteiger partial charge in [0, 0.05) is 0 Å². The number of nitrogen functional groups attached to an aromatic ring is 1. The van der Waals surface area contributed by atoms with Gasteiger partial charge in [-0.2, -0.15) is 5.10 Å². The lowest BCUT2D eigenvalue weighted by molar-refractivity contribution is 0.0563. The molecule has 0 saturated carbocycles. The first-order valence-corrected chi connectivity index (χ1v) is 3.39. The fourth-order valence-electron chi connectivity index (χ4n) is 1.10. The van der Waals surface area contributed by atoms with Crippen LogP contribution in [0.25, 0.3) is 0 Å². The minimum Gasteiger partial charge on any atom is -0.474 e. The number of fused-ring (bicyclic) bond motifs is 1. The van der Waals surface area contributed by atoms with Crippen molar-refractivity contribution in [3.63, 3.8) is 0 Å². The van der Waals surface area contributed by atoms with E-state index < -0.39 is 6.10 Å². The van der Waals surface area contributed by atoms with Gasteiger partial charge in [0.05, 0.1) is 12.7 Å². The van der Waals surface area contributed by atoms with E-state index >= 15 is 0 Å². The van der Waals surface area contributed by atoms with Gasteiger partial charge in [0.2, 0.25) is 5.88 Å². The molecule has 3 N–H and O–H groups in total. The van der Waals surface area contributed by atoms with E-state index in [0.717, 1.165) is 0 Å². The van der Waals surface area contributed by atoms with Crippen LogP contribution in [0, 0.1) is 0 Å². The van der Waals surface area contributed by atoms with E-state index in [4.69, 9.17) is 15.6 Å². The molecule has 2 rings (SSSR count). The summed E-state index contributed by atoms with van der Waals surface area (Å²) in [6, 6.07) is 0. The molecule has 1 aliphatic heterocycles. The van der Waals surface area contributed by atoms with Gasteiger partial charge in [0.1, 0.15) is 18.4 Å². The van der Waals surface area contributed by atoms with Gasteiger partial charge in [-0.15, -0.1) is 0 Å². The molecule has 0 saturated heterocycles. The van der Waals surface area contributed by atoms with Gasteiger partial charge in [0.15, 0.2) is 0 Å². The molecule has 2 heterocycles. The van der Waals surface area contributed by atoms with E-state index in [9.17, 15) is 0 Å². The zero-order valence-electron chi connectivity index (χ0n) is 5.90. The molecule has 0 amide bonds. The molecule has 1 aromatic rings. The summed E-state index contributed by atoms with van der Waals surface area (Å²) in [5, 5.41) is 13.1. The molecule has 0 unspecified atom stereocenters. The number of aliphatic hydroxyl groups excluding tert-OH is 1. The second kappa shape index (κ2) is 2.13. The number of hydrogen-bond donors (Lipinski definition) is 2. The number of rotatable bonds is 0. The van der Waals surface area contributed by atoms with E-state index in [1.165, 1.54) is 6.20 Å². The van der Waals surface area contributed by atoms with Gasteiger partial charge in [-0.05, 0) is 0 Å². The van der Waals surface area contributed by atoms with Crippen LogP contribution in [-0.2, 0) is 6.54 Å². The fourth-order valence-corrected chi connectivity index (χ4v) is 1.10. The molecule has 0 bridgehead atoms. The van der Waals surface area contributed by atoms with Gasteiger partial charge in [-0.3, -0.25) is 0 Å². The maximum absolute atomic E-state index is 9.14. The number of nitrogens with zero attached hydrogens (tertiary/aromatic N) is 2. The average Bonchev–Trinajstić information content (AvgIpc) is 2.32. The van der Waals surface area contributed by atoms with Crippen LogP contribution in [0.1, 0.15) is 0 Å². The number of nitrogens with two attached hydrogens (primary N) is 1. The van der Waals surface area contributed by atoms with Crippen molar-refractivity contribution < 1.29 is 9.84 Å². The lowest BCUT2D eigenvalue weighted by atomic mass is 10.3. The van der Waals surface area contributed by atoms with Crippen molar-refractivity contribution in [1.29, 1.82) is 0 Å². The van der Waals surface area contributed by atoms with Crippen molar-refractivity contribution in [3.8, 4) is 5.88 Å². The lowest BCUT2D eigenvalue weighted by Crippen LogP contribution is -2.30. The van der Waals surface area contributed by atoms with E-state index in [2.05, 4.69) is 5.10 Å². The quantitative estimate of drug-likeness (QED) is 0.515. The maximum Gasteiger partial charge on any atom is 0.235 e. The predicted octanol–water partition coefficient (Wildman–Crippen LogP) is -0.781. The van der Waals surface area contributed by atoms with Gasteiger partial charge in [0.25, 0.3) is 0 Å². The number of hydrogen-bond acceptors (Lipinski definition) is 4. The summed E-state index contributed by atoms with van der Waals surface area (Å²) in [6.07, 6.45) is 1.05. The summed E-state index contributed by atoms with van der Waals surface area (Å²) < 4.78 is 6.69. The Labute approximate surface area is 63.4 Å². The smallest absolute Gasteiger partial charge is 0.235 e. The van der Waals surface area contributed by atoms with Crippen LogP contribution in [-0.4, -0.2) is 27.6 Å². The van der Waals surface area contributed by atoms with E-state index in [0.29, 0.717) is 24.7 Å². The molecule has 0 spiro atoms. The Balaban J connectivity index is 2.36. The molecule has 1 aromatic heterocycles.